The van der Waals surface area contributed by atoms with Crippen LogP contribution < -0.4 is 0 Å². The number of aliphatic hydroxyl groups excluding tert-OH is 3. The zero-order chi connectivity index (χ0) is 81.5. The highest BCUT2D eigenvalue weighted by Gasteiger charge is 2.28. The van der Waals surface area contributed by atoms with Crippen molar-refractivity contribution in [1.82, 2.24) is 0 Å². The number of allylic oxidation sites excluding steroid dienone is 1. The van der Waals surface area contributed by atoms with Crippen LogP contribution >= 0.6 is 0 Å². The quantitative estimate of drug-likeness (QED) is 0.0240. The molecule has 29 heteroatoms. The lowest BCUT2D eigenvalue weighted by molar-refractivity contribution is -0.0216. The Labute approximate surface area is 668 Å². The summed E-state index contributed by atoms with van der Waals surface area (Å²) < 4.78 is 130. The largest absolute Gasteiger partial charge is 0.499 e. The van der Waals surface area contributed by atoms with Gasteiger partial charge in [-0.05, 0) is 32.1 Å². The Morgan fingerprint density at radius 3 is 0.938 bits per heavy atom. The summed E-state index contributed by atoms with van der Waals surface area (Å²) in [4.78, 5) is 0. The molecule has 0 amide bonds. The Morgan fingerprint density at radius 1 is 0.277 bits per heavy atom. The zero-order valence-electron chi connectivity index (χ0n) is 66.4. The van der Waals surface area contributed by atoms with E-state index in [1.165, 1.54) is 12.5 Å². The molecule has 11 heterocycles. The van der Waals surface area contributed by atoms with Gasteiger partial charge in [0, 0.05) is 39.1 Å². The molecule has 3 N–H and O–H groups in total. The standard InChI is InChI=1S/C11H18O4.C9H16O4.C9H14O4.C8H14O2.C8H12O2.C7H12O3.C7H12O2.C7H10O2.C6H10O2.C6H8O2.C5H8O2/c1-2-3-4-5-13-6-10(12)7-14-8-11-9-15-11;2*1-2-3-11-4-8(10)5-12-6-9-7-13-9;2*1-2-3-4-5-9-6-8-7-10-8;1-2-8-3-4-9-5-7-6-10-7;2*1-2-3-4-8-5-7-6-9-7;2*1-2-3-7-4-6-5-8-6;1-2-6-3-5-4-7-5/h1,10-12H,3-9H2;2,8-10H,1,3-7H2;1,8-10H,3-7H2;2,8H,1,3-7H2;1,8H,3-7H2;2,7H,1,3-6H2;2,7H,1,3-6H2;1,7H,3-6H2;2,6H,1,3-5H2;1,6H,3-5H2;2,5H,1,3-4H2. The fraction of sp³-hybridized carbons (Fsp3) is 0.735. The molecule has 0 aromatic heterocycles. The number of ether oxygens (including phenoxy) is 26. The Morgan fingerprint density at radius 2 is 0.571 bits per heavy atom. The monoisotopic (exact) mass is 1590 g/mol. The van der Waals surface area contributed by atoms with Gasteiger partial charge in [-0.1, -0.05) is 49.3 Å². The second-order valence-corrected chi connectivity index (χ2v) is 25.2. The molecule has 14 unspecified atom stereocenters. The van der Waals surface area contributed by atoms with Crippen LogP contribution in [0.4, 0.5) is 0 Å². The van der Waals surface area contributed by atoms with Gasteiger partial charge in [0.15, 0.2) is 0 Å². The fourth-order valence-corrected chi connectivity index (χ4v) is 6.87. The Hall–Kier alpha value is -5.24. The molecule has 14 atom stereocenters. The average Bonchev–Trinajstić information content (AvgIpc) is 1.77. The summed E-state index contributed by atoms with van der Waals surface area (Å²) >= 11 is 0. The van der Waals surface area contributed by atoms with Crippen LogP contribution in [-0.4, -0.2) is 358 Å². The van der Waals surface area contributed by atoms with Gasteiger partial charge in [0.25, 0.3) is 0 Å². The summed E-state index contributed by atoms with van der Waals surface area (Å²) in [6.07, 6.45) is 44.1. The molecule has 0 saturated carbocycles. The molecule has 11 saturated heterocycles. The third kappa shape index (κ3) is 93.6. The van der Waals surface area contributed by atoms with Crippen LogP contribution in [-0.2, 0) is 123 Å². The minimum absolute atomic E-state index is 0.218. The van der Waals surface area contributed by atoms with Gasteiger partial charge in [-0.3, -0.25) is 0 Å². The van der Waals surface area contributed by atoms with E-state index < -0.39 is 18.3 Å². The van der Waals surface area contributed by atoms with E-state index in [0.29, 0.717) is 174 Å². The molecule has 0 aromatic carbocycles. The van der Waals surface area contributed by atoms with E-state index in [1.807, 2.05) is 12.2 Å². The van der Waals surface area contributed by atoms with Gasteiger partial charge in [0.1, 0.15) is 112 Å². The lowest BCUT2D eigenvalue weighted by Gasteiger charge is -2.10. The van der Waals surface area contributed by atoms with Gasteiger partial charge in [-0.15, -0.1) is 76.2 Å². The van der Waals surface area contributed by atoms with Crippen molar-refractivity contribution in [3.8, 4) is 61.7 Å². The molecular formula is C83H134O29. The summed E-state index contributed by atoms with van der Waals surface area (Å²) in [6, 6.07) is 0. The minimum Gasteiger partial charge on any atom is -0.499 e. The van der Waals surface area contributed by atoms with Crippen molar-refractivity contribution in [3.05, 3.63) is 76.3 Å². The Bertz CT molecular complexity index is 2360. The molecule has 0 spiro atoms. The Kier molecular flexibility index (Phi) is 74.5. The molecule has 640 valence electrons. The van der Waals surface area contributed by atoms with Gasteiger partial charge in [0.05, 0.1) is 224 Å². The van der Waals surface area contributed by atoms with Gasteiger partial charge in [-0.25, -0.2) is 0 Å². The first-order valence-corrected chi connectivity index (χ1v) is 38.3. The molecule has 11 aliphatic heterocycles. The Balaban J connectivity index is 0.000000620. The summed E-state index contributed by atoms with van der Waals surface area (Å²) in [7, 11) is 0. The van der Waals surface area contributed by atoms with Crippen LogP contribution in [0.15, 0.2) is 76.3 Å². The second-order valence-electron chi connectivity index (χ2n) is 25.2. The predicted octanol–water partition coefficient (Wildman–Crippen LogP) is 4.89. The fourth-order valence-electron chi connectivity index (χ4n) is 6.87. The number of rotatable bonds is 60. The third-order valence-electron chi connectivity index (χ3n) is 13.8. The van der Waals surface area contributed by atoms with Crippen LogP contribution in [0.5, 0.6) is 0 Å². The van der Waals surface area contributed by atoms with Crippen LogP contribution in [0.1, 0.15) is 51.4 Å². The molecule has 0 aliphatic carbocycles. The van der Waals surface area contributed by atoms with Crippen molar-refractivity contribution in [2.75, 3.05) is 258 Å². The van der Waals surface area contributed by atoms with Gasteiger partial charge in [0.2, 0.25) is 0 Å². The van der Waals surface area contributed by atoms with E-state index in [9.17, 15) is 15.3 Å². The van der Waals surface area contributed by atoms with Crippen molar-refractivity contribution in [1.29, 1.82) is 0 Å². The molecule has 11 aliphatic rings. The molecule has 11 fully saturated rings. The van der Waals surface area contributed by atoms with Gasteiger partial charge < -0.3 is 138 Å². The van der Waals surface area contributed by atoms with E-state index in [0.717, 1.165) is 157 Å². The van der Waals surface area contributed by atoms with Crippen molar-refractivity contribution < 1.29 is 138 Å². The zero-order valence-corrected chi connectivity index (χ0v) is 66.4. The maximum Gasteiger partial charge on any atom is 0.116 e. The van der Waals surface area contributed by atoms with Crippen molar-refractivity contribution in [3.63, 3.8) is 0 Å². The first-order chi connectivity index (χ1) is 54.9. The minimum atomic E-state index is -0.605. The maximum atomic E-state index is 9.41. The van der Waals surface area contributed by atoms with E-state index >= 15 is 0 Å². The highest BCUT2D eigenvalue weighted by Crippen LogP contribution is 2.15. The smallest absolute Gasteiger partial charge is 0.116 e. The number of epoxide rings is 11. The average molecular weight is 1600 g/mol. The normalized spacial score (nSPS) is 23.0. The third-order valence-corrected chi connectivity index (χ3v) is 13.8. The van der Waals surface area contributed by atoms with Crippen LogP contribution in [0.25, 0.3) is 0 Å². The topological polar surface area (TPSA) is 337 Å². The number of unbranched alkanes of at least 4 members (excludes halogenated alkanes) is 3. The SMILES string of the molecule is C#CCCCOCC(O)COCC1CO1.C#CCCCOCC1CO1.C#CCCOCC1CO1.C#CCOCC(O)COCC1CO1.C#CCOCC1CO1.C=CCCCOCC1CO1.C=CCCOCC1CO1.C=CCOCC(O)COCC1CO1.C=CCOCC1CO1.C=COCC1CO1.C=COCCOCC1CO1. The summed E-state index contributed by atoms with van der Waals surface area (Å²) in [5, 5.41) is 27.9. The predicted molar refractivity (Wildman–Crippen MR) is 420 cm³/mol. The lowest BCUT2D eigenvalue weighted by Crippen LogP contribution is -2.23. The highest BCUT2D eigenvalue weighted by atomic mass is 16.7. The van der Waals surface area contributed by atoms with E-state index in [-0.39, 0.29) is 44.7 Å². The molecule has 0 bridgehead atoms. The molecule has 112 heavy (non-hydrogen) atoms. The number of aliphatic hydroxyl groups is 3. The molecular weight excluding hydrogens is 1460 g/mol. The van der Waals surface area contributed by atoms with E-state index in [1.54, 1.807) is 12.2 Å². The first-order valence-electron chi connectivity index (χ1n) is 38.3. The van der Waals surface area contributed by atoms with Crippen LogP contribution in [0.2, 0.25) is 0 Å². The number of terminal acetylenes is 5. The highest BCUT2D eigenvalue weighted by molar-refractivity contribution is 4.86. The molecule has 29 nitrogen and oxygen atoms in total. The van der Waals surface area contributed by atoms with Crippen LogP contribution in [0, 0.1) is 61.7 Å². The van der Waals surface area contributed by atoms with Crippen molar-refractivity contribution in [2.24, 2.45) is 0 Å². The van der Waals surface area contributed by atoms with Gasteiger partial charge >= 0.3 is 0 Å². The van der Waals surface area contributed by atoms with Crippen molar-refractivity contribution in [2.45, 2.75) is 137 Å². The van der Waals surface area contributed by atoms with Crippen LogP contribution in [0.3, 0.4) is 0 Å². The van der Waals surface area contributed by atoms with Gasteiger partial charge in [-0.2, -0.15) is 0 Å². The molecule has 0 aromatic rings. The first kappa shape index (κ1) is 105. The molecule has 0 radical (unpaired) electrons. The second kappa shape index (κ2) is 79.6. The lowest BCUT2D eigenvalue weighted by atomic mass is 10.3. The number of hydrogen-bond acceptors (Lipinski definition) is 29. The summed E-state index contributed by atoms with van der Waals surface area (Å²) in [5.74, 6) is 12.3. The summed E-state index contributed by atoms with van der Waals surface area (Å²) in [6.45, 7) is 45.9. The number of hydrogen-bond donors (Lipinski definition) is 3. The molecule has 11 rings (SSSR count). The summed E-state index contributed by atoms with van der Waals surface area (Å²) in [5.41, 5.74) is 0. The van der Waals surface area contributed by atoms with E-state index in [2.05, 4.69) is 69.1 Å². The van der Waals surface area contributed by atoms with E-state index in [4.69, 9.17) is 155 Å². The maximum absolute atomic E-state index is 9.41. The van der Waals surface area contributed by atoms with Crippen molar-refractivity contribution >= 4 is 0 Å².